The van der Waals surface area contributed by atoms with Crippen LogP contribution in [0.25, 0.3) is 0 Å². The molecule has 3 N–H and O–H groups in total. The van der Waals surface area contributed by atoms with Crippen LogP contribution in [0, 0.1) is 6.92 Å². The fourth-order valence-corrected chi connectivity index (χ4v) is 1.73. The average Bonchev–Trinajstić information content (AvgIpc) is 2.43. The molecule has 0 saturated carbocycles. The van der Waals surface area contributed by atoms with Gasteiger partial charge < -0.3 is 15.8 Å². The highest BCUT2D eigenvalue weighted by Gasteiger charge is 2.08. The Labute approximate surface area is 122 Å². The fraction of sp³-hybridized carbons (Fsp3) is 0.562. The molecule has 0 aliphatic rings. The van der Waals surface area contributed by atoms with Gasteiger partial charge in [-0.1, -0.05) is 26.0 Å². The first-order chi connectivity index (χ1) is 9.55. The van der Waals surface area contributed by atoms with Gasteiger partial charge in [0.05, 0.1) is 6.54 Å². The summed E-state index contributed by atoms with van der Waals surface area (Å²) in [6.07, 6.45) is 1.97. The molecule has 0 aliphatic heterocycles. The van der Waals surface area contributed by atoms with Crippen molar-refractivity contribution >= 4 is 5.96 Å². The Morgan fingerprint density at radius 1 is 1.35 bits per heavy atom. The van der Waals surface area contributed by atoms with Crippen LogP contribution in [-0.4, -0.2) is 24.7 Å². The van der Waals surface area contributed by atoms with Gasteiger partial charge in [0.2, 0.25) is 0 Å². The molecule has 1 aromatic carbocycles. The number of aliphatic imine (C=N–C) groups is 1. The van der Waals surface area contributed by atoms with E-state index in [4.69, 9.17) is 10.5 Å². The van der Waals surface area contributed by atoms with Crippen molar-refractivity contribution in [3.63, 3.8) is 0 Å². The van der Waals surface area contributed by atoms with Crippen molar-refractivity contribution in [2.75, 3.05) is 6.54 Å². The third kappa shape index (κ3) is 5.95. The molecule has 0 saturated heterocycles. The highest BCUT2D eigenvalue weighted by Crippen LogP contribution is 2.15. The topological polar surface area (TPSA) is 59.6 Å². The molecule has 2 unspecified atom stereocenters. The molecule has 20 heavy (non-hydrogen) atoms. The van der Waals surface area contributed by atoms with Crippen molar-refractivity contribution in [3.8, 4) is 5.75 Å². The molecule has 0 amide bonds. The fourth-order valence-electron chi connectivity index (χ4n) is 1.73. The van der Waals surface area contributed by atoms with Crippen LogP contribution in [-0.2, 0) is 0 Å². The Morgan fingerprint density at radius 2 is 2.10 bits per heavy atom. The molecular formula is C16H27N3O. The molecule has 0 heterocycles. The second kappa shape index (κ2) is 8.46. The van der Waals surface area contributed by atoms with E-state index in [-0.39, 0.29) is 6.10 Å². The summed E-state index contributed by atoms with van der Waals surface area (Å²) in [5.74, 6) is 1.38. The van der Waals surface area contributed by atoms with Crippen LogP contribution in [0.2, 0.25) is 0 Å². The Bertz CT molecular complexity index is 431. The Morgan fingerprint density at radius 3 is 2.70 bits per heavy atom. The van der Waals surface area contributed by atoms with Gasteiger partial charge in [-0.05, 0) is 44.4 Å². The number of benzene rings is 1. The lowest BCUT2D eigenvalue weighted by Crippen LogP contribution is -2.38. The quantitative estimate of drug-likeness (QED) is 0.595. The number of aryl methyl sites for hydroxylation is 1. The molecule has 1 aromatic rings. The zero-order valence-corrected chi connectivity index (χ0v) is 13.0. The van der Waals surface area contributed by atoms with Gasteiger partial charge in [0.1, 0.15) is 11.9 Å². The lowest BCUT2D eigenvalue weighted by Gasteiger charge is -2.17. The first kappa shape index (κ1) is 16.3. The van der Waals surface area contributed by atoms with Crippen molar-refractivity contribution in [3.05, 3.63) is 29.8 Å². The van der Waals surface area contributed by atoms with E-state index in [0.29, 0.717) is 18.5 Å². The maximum Gasteiger partial charge on any atom is 0.188 e. The minimum atomic E-state index is 0.0501. The van der Waals surface area contributed by atoms with E-state index in [9.17, 15) is 0 Å². The van der Waals surface area contributed by atoms with Gasteiger partial charge in [-0.3, -0.25) is 0 Å². The molecule has 112 valence electrons. The Kier molecular flexibility index (Phi) is 6.91. The summed E-state index contributed by atoms with van der Waals surface area (Å²) in [6, 6.07) is 8.41. The third-order valence-corrected chi connectivity index (χ3v) is 3.22. The molecule has 0 aromatic heterocycles. The monoisotopic (exact) mass is 277 g/mol. The van der Waals surface area contributed by atoms with Gasteiger partial charge in [-0.2, -0.15) is 0 Å². The van der Waals surface area contributed by atoms with E-state index >= 15 is 0 Å². The van der Waals surface area contributed by atoms with E-state index in [1.807, 2.05) is 18.2 Å². The normalized spacial score (nSPS) is 14.7. The highest BCUT2D eigenvalue weighted by molar-refractivity contribution is 5.78. The highest BCUT2D eigenvalue weighted by atomic mass is 16.5. The van der Waals surface area contributed by atoms with Crippen LogP contribution in [0.1, 0.15) is 39.2 Å². The first-order valence-corrected chi connectivity index (χ1v) is 7.34. The summed E-state index contributed by atoms with van der Waals surface area (Å²) in [6.45, 7) is 8.91. The largest absolute Gasteiger partial charge is 0.489 e. The van der Waals surface area contributed by atoms with Crippen LogP contribution in [0.3, 0.4) is 0 Å². The minimum Gasteiger partial charge on any atom is -0.489 e. The number of nitrogens with zero attached hydrogens (tertiary/aromatic N) is 1. The van der Waals surface area contributed by atoms with Crippen LogP contribution in [0.5, 0.6) is 5.75 Å². The molecule has 2 atom stereocenters. The van der Waals surface area contributed by atoms with Gasteiger partial charge in [-0.15, -0.1) is 0 Å². The van der Waals surface area contributed by atoms with Gasteiger partial charge in [0, 0.05) is 6.04 Å². The number of ether oxygens (including phenoxy) is 1. The summed E-state index contributed by atoms with van der Waals surface area (Å²) >= 11 is 0. The van der Waals surface area contributed by atoms with Gasteiger partial charge >= 0.3 is 0 Å². The zero-order chi connectivity index (χ0) is 15.0. The van der Waals surface area contributed by atoms with Crippen molar-refractivity contribution in [1.29, 1.82) is 0 Å². The molecule has 4 heteroatoms. The van der Waals surface area contributed by atoms with Crippen LogP contribution < -0.4 is 15.8 Å². The van der Waals surface area contributed by atoms with Crippen molar-refractivity contribution < 1.29 is 4.74 Å². The van der Waals surface area contributed by atoms with Crippen LogP contribution >= 0.6 is 0 Å². The van der Waals surface area contributed by atoms with E-state index in [1.165, 1.54) is 5.56 Å². The van der Waals surface area contributed by atoms with E-state index in [0.717, 1.165) is 18.6 Å². The maximum atomic E-state index is 5.94. The molecular weight excluding hydrogens is 250 g/mol. The summed E-state index contributed by atoms with van der Waals surface area (Å²) in [7, 11) is 0. The number of rotatable bonds is 7. The Balaban J connectivity index is 2.53. The molecule has 0 fully saturated rings. The van der Waals surface area contributed by atoms with Crippen LogP contribution in [0.15, 0.2) is 29.3 Å². The van der Waals surface area contributed by atoms with Crippen molar-refractivity contribution in [1.82, 2.24) is 5.32 Å². The zero-order valence-electron chi connectivity index (χ0n) is 13.0. The second-order valence-electron chi connectivity index (χ2n) is 5.14. The molecule has 0 bridgehead atoms. The van der Waals surface area contributed by atoms with E-state index in [2.05, 4.69) is 44.1 Å². The maximum absolute atomic E-state index is 5.94. The molecule has 0 radical (unpaired) electrons. The Hall–Kier alpha value is -1.71. The standard InChI is InChI=1S/C16H27N3O/c1-5-13(4)19-16(17)18-11-14(6-2)20-15-9-7-8-12(3)10-15/h7-10,13-14H,5-6,11H2,1-4H3,(H3,17,18,19). The average molecular weight is 277 g/mol. The number of hydrogen-bond donors (Lipinski definition) is 2. The van der Waals surface area contributed by atoms with E-state index in [1.54, 1.807) is 0 Å². The number of nitrogens with one attached hydrogen (secondary N) is 1. The molecule has 4 nitrogen and oxygen atoms in total. The number of nitrogens with two attached hydrogens (primary N) is 1. The summed E-state index contributed by atoms with van der Waals surface area (Å²) in [4.78, 5) is 4.36. The van der Waals surface area contributed by atoms with E-state index < -0.39 is 0 Å². The minimum absolute atomic E-state index is 0.0501. The summed E-state index contributed by atoms with van der Waals surface area (Å²) < 4.78 is 5.94. The van der Waals surface area contributed by atoms with Gasteiger partial charge in [-0.25, -0.2) is 4.99 Å². The smallest absolute Gasteiger partial charge is 0.188 e. The van der Waals surface area contributed by atoms with Gasteiger partial charge in [0.25, 0.3) is 0 Å². The second-order valence-corrected chi connectivity index (χ2v) is 5.14. The summed E-state index contributed by atoms with van der Waals surface area (Å²) in [5.41, 5.74) is 7.05. The lowest BCUT2D eigenvalue weighted by molar-refractivity contribution is 0.205. The SMILES string of the molecule is CCC(C)NC(N)=NCC(CC)Oc1cccc(C)c1. The molecule has 0 spiro atoms. The van der Waals surface area contributed by atoms with Crippen molar-refractivity contribution in [2.24, 2.45) is 10.7 Å². The number of guanidine groups is 1. The predicted molar refractivity (Wildman–Crippen MR) is 85.3 cm³/mol. The van der Waals surface area contributed by atoms with Crippen LogP contribution in [0.4, 0.5) is 0 Å². The predicted octanol–water partition coefficient (Wildman–Crippen LogP) is 2.86. The molecule has 0 aliphatic carbocycles. The third-order valence-electron chi connectivity index (χ3n) is 3.22. The van der Waals surface area contributed by atoms with Gasteiger partial charge in [0.15, 0.2) is 5.96 Å². The lowest BCUT2D eigenvalue weighted by atomic mass is 10.2. The number of hydrogen-bond acceptors (Lipinski definition) is 2. The van der Waals surface area contributed by atoms with Crippen molar-refractivity contribution in [2.45, 2.75) is 52.7 Å². The first-order valence-electron chi connectivity index (χ1n) is 7.34. The summed E-state index contributed by atoms with van der Waals surface area (Å²) in [5, 5.41) is 3.15. The molecule has 1 rings (SSSR count).